The van der Waals surface area contributed by atoms with Gasteiger partial charge in [0.05, 0.1) is 6.04 Å². The molecular formula is C19H19ClFN3O. The van der Waals surface area contributed by atoms with Crippen molar-refractivity contribution in [2.24, 2.45) is 0 Å². The van der Waals surface area contributed by atoms with E-state index in [2.05, 4.69) is 15.0 Å². The first kappa shape index (κ1) is 17.6. The highest BCUT2D eigenvalue weighted by atomic mass is 35.5. The second kappa shape index (κ2) is 7.33. The van der Waals surface area contributed by atoms with Gasteiger partial charge < -0.3 is 4.52 Å². The van der Waals surface area contributed by atoms with E-state index in [4.69, 9.17) is 16.1 Å². The highest BCUT2D eigenvalue weighted by Crippen LogP contribution is 2.25. The van der Waals surface area contributed by atoms with Gasteiger partial charge in [-0.15, -0.1) is 0 Å². The quantitative estimate of drug-likeness (QED) is 0.640. The van der Waals surface area contributed by atoms with Crippen molar-refractivity contribution in [3.8, 4) is 11.4 Å². The molecule has 0 saturated carbocycles. The minimum Gasteiger partial charge on any atom is -0.337 e. The molecule has 3 rings (SSSR count). The van der Waals surface area contributed by atoms with Crippen LogP contribution in [0.1, 0.15) is 30.0 Å². The Labute approximate surface area is 151 Å². The van der Waals surface area contributed by atoms with Gasteiger partial charge in [0.2, 0.25) is 11.7 Å². The zero-order chi connectivity index (χ0) is 18.0. The third-order valence-corrected chi connectivity index (χ3v) is 4.64. The van der Waals surface area contributed by atoms with Crippen LogP contribution in [-0.2, 0) is 6.54 Å². The molecule has 130 valence electrons. The molecule has 0 spiro atoms. The van der Waals surface area contributed by atoms with Crippen LogP contribution in [0, 0.1) is 12.7 Å². The summed E-state index contributed by atoms with van der Waals surface area (Å²) in [6.07, 6.45) is 0. The Bertz CT molecular complexity index is 881. The normalized spacial score (nSPS) is 12.6. The zero-order valence-electron chi connectivity index (χ0n) is 14.3. The van der Waals surface area contributed by atoms with Crippen LogP contribution >= 0.6 is 11.6 Å². The summed E-state index contributed by atoms with van der Waals surface area (Å²) >= 11 is 6.22. The Morgan fingerprint density at radius 3 is 2.72 bits per heavy atom. The molecule has 1 aromatic heterocycles. The number of rotatable bonds is 5. The monoisotopic (exact) mass is 359 g/mol. The molecule has 0 radical (unpaired) electrons. The van der Waals surface area contributed by atoms with Gasteiger partial charge >= 0.3 is 0 Å². The second-order valence-electron chi connectivity index (χ2n) is 6.10. The van der Waals surface area contributed by atoms with Gasteiger partial charge in [0.25, 0.3) is 0 Å². The average molecular weight is 360 g/mol. The Morgan fingerprint density at radius 2 is 2.00 bits per heavy atom. The second-order valence-corrected chi connectivity index (χ2v) is 6.51. The van der Waals surface area contributed by atoms with E-state index in [1.807, 2.05) is 38.2 Å². The van der Waals surface area contributed by atoms with E-state index < -0.39 is 0 Å². The van der Waals surface area contributed by atoms with E-state index in [0.29, 0.717) is 29.4 Å². The first-order valence-corrected chi connectivity index (χ1v) is 8.37. The Hall–Kier alpha value is -2.24. The molecule has 3 aromatic rings. The maximum Gasteiger partial charge on any atom is 0.244 e. The van der Waals surface area contributed by atoms with Crippen molar-refractivity contribution in [1.82, 2.24) is 15.0 Å². The van der Waals surface area contributed by atoms with E-state index in [1.165, 1.54) is 6.07 Å². The number of hydrogen-bond donors (Lipinski definition) is 0. The van der Waals surface area contributed by atoms with Gasteiger partial charge in [-0.1, -0.05) is 47.1 Å². The fraction of sp³-hybridized carbons (Fsp3) is 0.263. The molecule has 0 aliphatic carbocycles. The summed E-state index contributed by atoms with van der Waals surface area (Å²) in [6, 6.07) is 12.5. The highest BCUT2D eigenvalue weighted by Gasteiger charge is 2.20. The topological polar surface area (TPSA) is 42.2 Å². The van der Waals surface area contributed by atoms with E-state index in [0.717, 1.165) is 10.6 Å². The third kappa shape index (κ3) is 3.89. The average Bonchev–Trinajstić information content (AvgIpc) is 3.08. The van der Waals surface area contributed by atoms with Crippen molar-refractivity contribution >= 4 is 11.6 Å². The fourth-order valence-corrected chi connectivity index (χ4v) is 2.67. The van der Waals surface area contributed by atoms with Crippen LogP contribution in [0.15, 0.2) is 47.0 Å². The summed E-state index contributed by atoms with van der Waals surface area (Å²) in [4.78, 5) is 6.48. The van der Waals surface area contributed by atoms with Crippen molar-refractivity contribution in [2.45, 2.75) is 26.4 Å². The lowest BCUT2D eigenvalue weighted by molar-refractivity contribution is 0.203. The summed E-state index contributed by atoms with van der Waals surface area (Å²) in [5, 5.41) is 4.70. The van der Waals surface area contributed by atoms with Gasteiger partial charge in [0.15, 0.2) is 0 Å². The lowest BCUT2D eigenvalue weighted by Gasteiger charge is -2.22. The minimum atomic E-state index is -0.285. The molecule has 1 atom stereocenters. The van der Waals surface area contributed by atoms with Crippen LogP contribution in [-0.4, -0.2) is 22.1 Å². The molecule has 25 heavy (non-hydrogen) atoms. The number of benzene rings is 2. The number of nitrogens with zero attached hydrogens (tertiary/aromatic N) is 3. The van der Waals surface area contributed by atoms with Crippen molar-refractivity contribution in [1.29, 1.82) is 0 Å². The van der Waals surface area contributed by atoms with Gasteiger partial charge in [0, 0.05) is 17.1 Å². The summed E-state index contributed by atoms with van der Waals surface area (Å²) in [5.74, 6) is 0.574. The molecule has 4 nitrogen and oxygen atoms in total. The van der Waals surface area contributed by atoms with E-state index in [-0.39, 0.29) is 11.9 Å². The van der Waals surface area contributed by atoms with Crippen molar-refractivity contribution in [2.75, 3.05) is 7.05 Å². The molecule has 1 unspecified atom stereocenters. The predicted molar refractivity (Wildman–Crippen MR) is 95.8 cm³/mol. The molecule has 0 aliphatic heterocycles. The summed E-state index contributed by atoms with van der Waals surface area (Å²) in [5.41, 5.74) is 2.21. The lowest BCUT2D eigenvalue weighted by Crippen LogP contribution is -2.22. The van der Waals surface area contributed by atoms with Crippen molar-refractivity contribution in [3.63, 3.8) is 0 Å². The molecule has 0 N–H and O–H groups in total. The van der Waals surface area contributed by atoms with Crippen LogP contribution in [0.2, 0.25) is 5.02 Å². The molecule has 6 heteroatoms. The fourth-order valence-electron chi connectivity index (χ4n) is 2.47. The van der Waals surface area contributed by atoms with Crippen molar-refractivity contribution in [3.05, 3.63) is 70.3 Å². The van der Waals surface area contributed by atoms with Gasteiger partial charge in [-0.05, 0) is 44.2 Å². The lowest BCUT2D eigenvalue weighted by atomic mass is 10.1. The van der Waals surface area contributed by atoms with Crippen molar-refractivity contribution < 1.29 is 8.91 Å². The van der Waals surface area contributed by atoms with Gasteiger partial charge in [0.1, 0.15) is 5.82 Å². The zero-order valence-corrected chi connectivity index (χ0v) is 15.1. The molecule has 0 saturated heterocycles. The molecule has 0 aliphatic rings. The van der Waals surface area contributed by atoms with Crippen LogP contribution in [0.5, 0.6) is 0 Å². The van der Waals surface area contributed by atoms with Gasteiger partial charge in [-0.25, -0.2) is 4.39 Å². The number of hydrogen-bond acceptors (Lipinski definition) is 4. The summed E-state index contributed by atoms with van der Waals surface area (Å²) in [6.45, 7) is 4.34. The molecular weight excluding hydrogens is 341 g/mol. The largest absolute Gasteiger partial charge is 0.337 e. The summed E-state index contributed by atoms with van der Waals surface area (Å²) in [7, 11) is 1.96. The molecule has 0 amide bonds. The maximum absolute atomic E-state index is 13.7. The Kier molecular flexibility index (Phi) is 5.16. The van der Waals surface area contributed by atoms with Crippen LogP contribution in [0.4, 0.5) is 4.39 Å². The van der Waals surface area contributed by atoms with E-state index in [1.54, 1.807) is 19.1 Å². The third-order valence-electron chi connectivity index (χ3n) is 4.27. The van der Waals surface area contributed by atoms with Crippen LogP contribution in [0.25, 0.3) is 11.4 Å². The SMILES string of the molecule is Cc1ccc(-c2noc(C(C)N(C)Cc3ccccc3Cl)n2)cc1F. The standard InChI is InChI=1S/C19H19ClFN3O/c1-12-8-9-14(10-17(12)21)18-22-19(25-23-18)13(2)24(3)11-15-6-4-5-7-16(15)20/h4-10,13H,11H2,1-3H3. The first-order valence-electron chi connectivity index (χ1n) is 7.99. The Balaban J connectivity index is 1.76. The van der Waals surface area contributed by atoms with E-state index >= 15 is 0 Å². The predicted octanol–water partition coefficient (Wildman–Crippen LogP) is 5.03. The first-order chi connectivity index (χ1) is 12.0. The van der Waals surface area contributed by atoms with Crippen LogP contribution in [0.3, 0.4) is 0 Å². The van der Waals surface area contributed by atoms with Gasteiger partial charge in [-0.3, -0.25) is 4.90 Å². The summed E-state index contributed by atoms with van der Waals surface area (Å²) < 4.78 is 19.1. The molecule has 0 fully saturated rings. The molecule has 0 bridgehead atoms. The smallest absolute Gasteiger partial charge is 0.244 e. The van der Waals surface area contributed by atoms with Gasteiger partial charge in [-0.2, -0.15) is 4.98 Å². The number of aryl methyl sites for hydroxylation is 1. The van der Waals surface area contributed by atoms with Crippen LogP contribution < -0.4 is 0 Å². The maximum atomic E-state index is 13.7. The molecule has 2 aromatic carbocycles. The minimum absolute atomic E-state index is 0.104. The number of aromatic nitrogens is 2. The highest BCUT2D eigenvalue weighted by molar-refractivity contribution is 6.31. The Morgan fingerprint density at radius 1 is 1.24 bits per heavy atom. The number of halogens is 2. The molecule has 1 heterocycles. The van der Waals surface area contributed by atoms with E-state index in [9.17, 15) is 4.39 Å².